The Hall–Kier alpha value is -0.840. The number of nitrogens with zero attached hydrogens (tertiary/aromatic N) is 2. The van der Waals surface area contributed by atoms with Gasteiger partial charge in [0.15, 0.2) is 0 Å². The summed E-state index contributed by atoms with van der Waals surface area (Å²) in [5, 5.41) is 5.28. The molecule has 2 N–H and O–H groups in total. The number of halogens is 2. The van der Waals surface area contributed by atoms with E-state index < -0.39 is 0 Å². The molecular formula is C15H19BrClN3. The lowest BCUT2D eigenvalue weighted by Crippen LogP contribution is -2.14. The van der Waals surface area contributed by atoms with Crippen molar-refractivity contribution in [1.82, 2.24) is 9.78 Å². The van der Waals surface area contributed by atoms with Crippen molar-refractivity contribution in [3.05, 3.63) is 51.2 Å². The minimum atomic E-state index is -0.0798. The SMILES string of the molecule is CCC(C)n1ccc(CC(N)c2ccc(Cl)c(Br)c2)n1. The van der Waals surface area contributed by atoms with Gasteiger partial charge in [-0.15, -0.1) is 0 Å². The van der Waals surface area contributed by atoms with Gasteiger partial charge in [-0.3, -0.25) is 4.68 Å². The van der Waals surface area contributed by atoms with E-state index in [9.17, 15) is 0 Å². The molecule has 0 saturated carbocycles. The number of benzene rings is 1. The molecule has 0 aliphatic heterocycles. The van der Waals surface area contributed by atoms with E-state index in [4.69, 9.17) is 17.3 Å². The molecule has 0 aliphatic rings. The van der Waals surface area contributed by atoms with Gasteiger partial charge in [0.2, 0.25) is 0 Å². The quantitative estimate of drug-likeness (QED) is 0.856. The van der Waals surface area contributed by atoms with Crippen LogP contribution in [0.5, 0.6) is 0 Å². The predicted molar refractivity (Wildman–Crippen MR) is 87.0 cm³/mol. The number of aromatic nitrogens is 2. The minimum absolute atomic E-state index is 0.0798. The molecule has 0 fully saturated rings. The first-order chi connectivity index (χ1) is 9.51. The molecule has 0 amide bonds. The molecule has 0 aliphatic carbocycles. The summed E-state index contributed by atoms with van der Waals surface area (Å²) in [7, 11) is 0. The fourth-order valence-electron chi connectivity index (χ4n) is 2.00. The average molecular weight is 357 g/mol. The molecule has 1 heterocycles. The molecule has 1 aromatic heterocycles. The molecule has 2 rings (SSSR count). The van der Waals surface area contributed by atoms with Crippen LogP contribution in [0.4, 0.5) is 0 Å². The fraction of sp³-hybridized carbons (Fsp3) is 0.400. The minimum Gasteiger partial charge on any atom is -0.324 e. The van der Waals surface area contributed by atoms with Crippen LogP contribution in [0.25, 0.3) is 0 Å². The fourth-order valence-corrected chi connectivity index (χ4v) is 2.52. The normalized spacial score (nSPS) is 14.2. The summed E-state index contributed by atoms with van der Waals surface area (Å²) in [5.41, 5.74) is 8.32. The van der Waals surface area contributed by atoms with Gasteiger partial charge in [0.05, 0.1) is 10.7 Å². The summed E-state index contributed by atoms with van der Waals surface area (Å²) in [5.74, 6) is 0. The third-order valence-corrected chi connectivity index (χ3v) is 4.72. The molecule has 5 heteroatoms. The van der Waals surface area contributed by atoms with E-state index in [0.717, 1.165) is 28.6 Å². The highest BCUT2D eigenvalue weighted by Gasteiger charge is 2.12. The summed E-state index contributed by atoms with van der Waals surface area (Å²) in [6.45, 7) is 4.32. The van der Waals surface area contributed by atoms with Gasteiger partial charge in [0.25, 0.3) is 0 Å². The Balaban J connectivity index is 2.09. The summed E-state index contributed by atoms with van der Waals surface area (Å²) < 4.78 is 2.87. The van der Waals surface area contributed by atoms with Crippen molar-refractivity contribution in [2.75, 3.05) is 0 Å². The number of hydrogen-bond acceptors (Lipinski definition) is 2. The largest absolute Gasteiger partial charge is 0.324 e. The van der Waals surface area contributed by atoms with Crippen LogP contribution in [0, 0.1) is 0 Å². The zero-order chi connectivity index (χ0) is 14.7. The Morgan fingerprint density at radius 1 is 1.40 bits per heavy atom. The molecule has 2 aromatic rings. The van der Waals surface area contributed by atoms with E-state index in [1.54, 1.807) is 0 Å². The van der Waals surface area contributed by atoms with Gasteiger partial charge in [-0.2, -0.15) is 5.10 Å². The van der Waals surface area contributed by atoms with Crippen LogP contribution < -0.4 is 5.73 Å². The van der Waals surface area contributed by atoms with Crippen molar-refractivity contribution in [3.63, 3.8) is 0 Å². The van der Waals surface area contributed by atoms with Gasteiger partial charge in [-0.25, -0.2) is 0 Å². The molecule has 0 saturated heterocycles. The van der Waals surface area contributed by atoms with Gasteiger partial charge in [0, 0.05) is 29.2 Å². The van der Waals surface area contributed by atoms with Crippen LogP contribution in [0.15, 0.2) is 34.9 Å². The molecule has 1 aromatic carbocycles. The maximum absolute atomic E-state index is 6.25. The van der Waals surface area contributed by atoms with E-state index in [-0.39, 0.29) is 6.04 Å². The summed E-state index contributed by atoms with van der Waals surface area (Å²) in [6, 6.07) is 8.17. The Morgan fingerprint density at radius 2 is 2.15 bits per heavy atom. The molecule has 108 valence electrons. The van der Waals surface area contributed by atoms with Gasteiger partial charge < -0.3 is 5.73 Å². The van der Waals surface area contributed by atoms with Crippen molar-refractivity contribution in [2.24, 2.45) is 5.73 Å². The second-order valence-corrected chi connectivity index (χ2v) is 6.29. The van der Waals surface area contributed by atoms with Crippen molar-refractivity contribution in [1.29, 1.82) is 0 Å². The molecule has 2 unspecified atom stereocenters. The average Bonchev–Trinajstić information content (AvgIpc) is 2.89. The standard InChI is InChI=1S/C15H19BrClN3/c1-3-10(2)20-7-6-12(19-20)9-15(18)11-4-5-14(17)13(16)8-11/h4-8,10,15H,3,9,18H2,1-2H3. The van der Waals surface area contributed by atoms with Crippen LogP contribution >= 0.6 is 27.5 Å². The van der Waals surface area contributed by atoms with E-state index in [0.29, 0.717) is 11.1 Å². The zero-order valence-corrected chi connectivity index (χ0v) is 14.0. The second kappa shape index (κ2) is 6.74. The Bertz CT molecular complexity index is 582. The van der Waals surface area contributed by atoms with Crippen LogP contribution in [-0.2, 0) is 6.42 Å². The van der Waals surface area contributed by atoms with Crippen LogP contribution in [0.1, 0.15) is 43.6 Å². The van der Waals surface area contributed by atoms with Gasteiger partial charge in [-0.1, -0.05) is 24.6 Å². The van der Waals surface area contributed by atoms with E-state index >= 15 is 0 Å². The van der Waals surface area contributed by atoms with Crippen LogP contribution in [0.2, 0.25) is 5.02 Å². The molecule has 3 nitrogen and oxygen atoms in total. The maximum atomic E-state index is 6.25. The lowest BCUT2D eigenvalue weighted by molar-refractivity contribution is 0.472. The summed E-state index contributed by atoms with van der Waals surface area (Å²) in [4.78, 5) is 0. The van der Waals surface area contributed by atoms with E-state index in [1.165, 1.54) is 0 Å². The third-order valence-electron chi connectivity index (χ3n) is 3.51. The summed E-state index contributed by atoms with van der Waals surface area (Å²) in [6.07, 6.45) is 3.81. The number of rotatable bonds is 5. The molecule has 0 bridgehead atoms. The Kier molecular flexibility index (Phi) is 5.24. The topological polar surface area (TPSA) is 43.8 Å². The van der Waals surface area contributed by atoms with Crippen molar-refractivity contribution < 1.29 is 0 Å². The van der Waals surface area contributed by atoms with Crippen molar-refractivity contribution in [2.45, 2.75) is 38.8 Å². The number of nitrogens with two attached hydrogens (primary N) is 1. The Morgan fingerprint density at radius 3 is 2.80 bits per heavy atom. The molecule has 2 atom stereocenters. The molecular weight excluding hydrogens is 338 g/mol. The van der Waals surface area contributed by atoms with Gasteiger partial charge in [-0.05, 0) is 53.0 Å². The molecule has 20 heavy (non-hydrogen) atoms. The van der Waals surface area contributed by atoms with Crippen LogP contribution in [-0.4, -0.2) is 9.78 Å². The first-order valence-corrected chi connectivity index (χ1v) is 7.93. The zero-order valence-electron chi connectivity index (χ0n) is 11.7. The highest BCUT2D eigenvalue weighted by molar-refractivity contribution is 9.10. The monoisotopic (exact) mass is 355 g/mol. The summed E-state index contributed by atoms with van der Waals surface area (Å²) >= 11 is 9.42. The highest BCUT2D eigenvalue weighted by atomic mass is 79.9. The number of hydrogen-bond donors (Lipinski definition) is 1. The van der Waals surface area contributed by atoms with E-state index in [2.05, 4.69) is 34.9 Å². The Labute approximate surface area is 133 Å². The first-order valence-electron chi connectivity index (χ1n) is 6.75. The maximum Gasteiger partial charge on any atom is 0.0643 e. The third kappa shape index (κ3) is 3.62. The molecule has 0 spiro atoms. The van der Waals surface area contributed by atoms with Gasteiger partial charge in [0.1, 0.15) is 0 Å². The van der Waals surface area contributed by atoms with Crippen LogP contribution in [0.3, 0.4) is 0 Å². The van der Waals surface area contributed by atoms with Crippen molar-refractivity contribution in [3.8, 4) is 0 Å². The lowest BCUT2D eigenvalue weighted by Gasteiger charge is -2.12. The highest BCUT2D eigenvalue weighted by Crippen LogP contribution is 2.26. The smallest absolute Gasteiger partial charge is 0.0643 e. The second-order valence-electron chi connectivity index (χ2n) is 5.03. The van der Waals surface area contributed by atoms with E-state index in [1.807, 2.05) is 35.1 Å². The van der Waals surface area contributed by atoms with Gasteiger partial charge >= 0.3 is 0 Å². The molecule has 0 radical (unpaired) electrons. The lowest BCUT2D eigenvalue weighted by atomic mass is 10.0. The van der Waals surface area contributed by atoms with Crippen molar-refractivity contribution >= 4 is 27.5 Å². The predicted octanol–water partition coefficient (Wildman–Crippen LogP) is 4.51. The first kappa shape index (κ1) is 15.5.